The van der Waals surface area contributed by atoms with E-state index < -0.39 is 37.4 Å². The predicted octanol–water partition coefficient (Wildman–Crippen LogP) is 2.34. The third-order valence-corrected chi connectivity index (χ3v) is 1.87. The minimum atomic E-state index is -2.67. The number of pyridine rings is 1. The molecule has 0 saturated heterocycles. The van der Waals surface area contributed by atoms with Gasteiger partial charge in [-0.1, -0.05) is 0 Å². The summed E-state index contributed by atoms with van der Waals surface area (Å²) in [4.78, 5) is 7.06. The molecular formula is C9H8BrN3. The normalized spacial score (nSPS) is 20.1. The van der Waals surface area contributed by atoms with Crippen molar-refractivity contribution in [3.05, 3.63) is 41.0 Å². The topological polar surface area (TPSA) is 30.7 Å². The predicted molar refractivity (Wildman–Crippen MR) is 53.8 cm³/mol. The summed E-state index contributed by atoms with van der Waals surface area (Å²) < 4.78 is 61.0. The Morgan fingerprint density at radius 1 is 1.69 bits per heavy atom. The van der Waals surface area contributed by atoms with Gasteiger partial charge in [0, 0.05) is 20.9 Å². The van der Waals surface area contributed by atoms with Crippen molar-refractivity contribution >= 4 is 15.9 Å². The molecule has 0 spiro atoms. The minimum Gasteiger partial charge on any atom is -0.303 e. The second-order valence-corrected chi connectivity index (χ2v) is 2.92. The summed E-state index contributed by atoms with van der Waals surface area (Å²) >= 11 is 3.02. The SMILES string of the molecule is [2H]c1nc([2H])c(-n2c([2H])nc(C([2H])([2H])[2H])c2[2H])c(Br)c1[2H]. The fraction of sp³-hybridized carbons (Fsp3) is 0.111. The molecule has 3 nitrogen and oxygen atoms in total. The van der Waals surface area contributed by atoms with Gasteiger partial charge in [-0.2, -0.15) is 0 Å². The van der Waals surface area contributed by atoms with E-state index in [9.17, 15) is 0 Å². The lowest BCUT2D eigenvalue weighted by atomic mass is 10.4. The molecule has 0 aliphatic heterocycles. The number of rotatable bonds is 1. The number of hydrogen-bond donors (Lipinski definition) is 0. The van der Waals surface area contributed by atoms with Crippen LogP contribution < -0.4 is 0 Å². The molecule has 0 fully saturated rings. The zero-order valence-corrected chi connectivity index (χ0v) is 7.81. The molecular weight excluding hydrogens is 230 g/mol. The Morgan fingerprint density at radius 2 is 2.62 bits per heavy atom. The van der Waals surface area contributed by atoms with E-state index in [0.717, 1.165) is 4.57 Å². The zero-order chi connectivity index (χ0) is 16.1. The summed E-state index contributed by atoms with van der Waals surface area (Å²) in [5, 5.41) is 0. The first-order chi connectivity index (χ1) is 9.55. The Morgan fingerprint density at radius 3 is 3.38 bits per heavy atom. The van der Waals surface area contributed by atoms with E-state index in [4.69, 9.17) is 11.0 Å². The maximum atomic E-state index is 7.86. The van der Waals surface area contributed by atoms with Gasteiger partial charge in [0.05, 0.1) is 29.3 Å². The largest absolute Gasteiger partial charge is 0.303 e. The Labute approximate surface area is 95.8 Å². The van der Waals surface area contributed by atoms with Crippen molar-refractivity contribution in [1.29, 1.82) is 0 Å². The van der Waals surface area contributed by atoms with Gasteiger partial charge in [-0.15, -0.1) is 0 Å². The standard InChI is InChI=1S/C9H8BrN3/c1-7-5-13(6-12-7)9-4-11-3-2-8(9)10/h2-6H,1H3/i1D3,2D,3D,4D,5D,6D. The van der Waals surface area contributed by atoms with E-state index >= 15 is 0 Å². The average molecular weight is 246 g/mol. The molecule has 13 heavy (non-hydrogen) atoms. The van der Waals surface area contributed by atoms with Crippen molar-refractivity contribution in [2.24, 2.45) is 0 Å². The van der Waals surface area contributed by atoms with Gasteiger partial charge in [-0.3, -0.25) is 4.98 Å². The lowest BCUT2D eigenvalue weighted by Gasteiger charge is -2.02. The van der Waals surface area contributed by atoms with Crippen LogP contribution >= 0.6 is 15.9 Å². The summed E-state index contributed by atoms with van der Waals surface area (Å²) in [6, 6.07) is -0.330. The van der Waals surface area contributed by atoms with Crippen molar-refractivity contribution < 1.29 is 11.0 Å². The molecule has 0 unspecified atom stereocenters. The molecule has 0 atom stereocenters. The molecule has 0 radical (unpaired) electrons. The molecule has 4 heteroatoms. The smallest absolute Gasteiger partial charge is 0.105 e. The number of aromatic nitrogens is 3. The third-order valence-electron chi connectivity index (χ3n) is 1.29. The van der Waals surface area contributed by atoms with Gasteiger partial charge in [-0.05, 0) is 28.8 Å². The quantitative estimate of drug-likeness (QED) is 0.773. The van der Waals surface area contributed by atoms with Crippen molar-refractivity contribution in [2.45, 2.75) is 6.85 Å². The monoisotopic (exact) mass is 245 g/mol. The average Bonchev–Trinajstić information content (AvgIpc) is 2.64. The van der Waals surface area contributed by atoms with Crippen LogP contribution in [0, 0.1) is 6.85 Å². The van der Waals surface area contributed by atoms with Crippen LogP contribution in [-0.2, 0) is 0 Å². The van der Waals surface area contributed by atoms with Crippen LogP contribution in [0.15, 0.2) is 35.3 Å². The van der Waals surface area contributed by atoms with Crippen LogP contribution in [0.2, 0.25) is 0 Å². The van der Waals surface area contributed by atoms with Gasteiger partial charge < -0.3 is 4.57 Å². The van der Waals surface area contributed by atoms with Crippen LogP contribution in [0.5, 0.6) is 0 Å². The maximum Gasteiger partial charge on any atom is 0.105 e. The summed E-state index contributed by atoms with van der Waals surface area (Å²) in [6.07, 6.45) is -2.03. The first-order valence-corrected chi connectivity index (χ1v) is 4.05. The highest BCUT2D eigenvalue weighted by Gasteiger charge is 2.01. The highest BCUT2D eigenvalue weighted by molar-refractivity contribution is 9.10. The molecule has 2 aromatic heterocycles. The molecule has 0 aliphatic rings. The number of nitrogens with zero attached hydrogens (tertiary/aromatic N) is 3. The minimum absolute atomic E-state index is 0.0241. The number of imidazole rings is 1. The maximum absolute atomic E-state index is 7.86. The van der Waals surface area contributed by atoms with Gasteiger partial charge in [0.1, 0.15) is 1.37 Å². The van der Waals surface area contributed by atoms with E-state index in [0.29, 0.717) is 0 Å². The van der Waals surface area contributed by atoms with Crippen LogP contribution in [0.4, 0.5) is 0 Å². The van der Waals surface area contributed by atoms with Crippen LogP contribution in [0.1, 0.15) is 16.7 Å². The molecule has 0 saturated carbocycles. The van der Waals surface area contributed by atoms with Crippen LogP contribution in [0.25, 0.3) is 5.69 Å². The highest BCUT2D eigenvalue weighted by Crippen LogP contribution is 2.18. The highest BCUT2D eigenvalue weighted by atomic mass is 79.9. The molecule has 2 aromatic rings. The fourth-order valence-electron chi connectivity index (χ4n) is 0.776. The van der Waals surface area contributed by atoms with E-state index in [1.165, 1.54) is 0 Å². The Kier molecular flexibility index (Phi) is 0.813. The number of halogens is 1. The molecule has 0 N–H and O–H groups in total. The van der Waals surface area contributed by atoms with Gasteiger partial charge in [-0.25, -0.2) is 4.98 Å². The van der Waals surface area contributed by atoms with E-state index in [-0.39, 0.29) is 16.2 Å². The Balaban J connectivity index is 2.81. The molecule has 0 aromatic carbocycles. The summed E-state index contributed by atoms with van der Waals surface area (Å²) in [5.41, 5.74) is -0.728. The van der Waals surface area contributed by atoms with Crippen LogP contribution in [-0.4, -0.2) is 14.5 Å². The van der Waals surface area contributed by atoms with Crippen LogP contribution in [0.3, 0.4) is 0 Å². The Hall–Kier alpha value is -1.16. The summed E-state index contributed by atoms with van der Waals surface area (Å²) in [6.45, 7) is -2.67. The first-order valence-electron chi connectivity index (χ1n) is 7.25. The van der Waals surface area contributed by atoms with Gasteiger partial charge in [0.2, 0.25) is 0 Å². The van der Waals surface area contributed by atoms with E-state index in [1.807, 2.05) is 0 Å². The van der Waals surface area contributed by atoms with Gasteiger partial charge in [0.15, 0.2) is 0 Å². The van der Waals surface area contributed by atoms with Gasteiger partial charge >= 0.3 is 0 Å². The molecule has 2 rings (SSSR count). The second-order valence-electron chi connectivity index (χ2n) is 2.13. The molecule has 0 bridgehead atoms. The molecule has 66 valence electrons. The summed E-state index contributed by atoms with van der Waals surface area (Å²) in [5.74, 6) is 0. The van der Waals surface area contributed by atoms with E-state index in [1.54, 1.807) is 0 Å². The second kappa shape index (κ2) is 3.30. The molecule has 2 heterocycles. The van der Waals surface area contributed by atoms with Gasteiger partial charge in [0.25, 0.3) is 0 Å². The lowest BCUT2D eigenvalue weighted by molar-refractivity contribution is 1.03. The Bertz CT molecular complexity index is 723. The molecule has 0 aliphatic carbocycles. The lowest BCUT2D eigenvalue weighted by Crippen LogP contribution is -1.91. The molecule has 0 amide bonds. The first kappa shape index (κ1) is 3.20. The van der Waals surface area contributed by atoms with Crippen molar-refractivity contribution in [2.75, 3.05) is 0 Å². The van der Waals surface area contributed by atoms with Crippen molar-refractivity contribution in [3.63, 3.8) is 0 Å². The fourth-order valence-corrected chi connectivity index (χ4v) is 1.13. The number of hydrogen-bond acceptors (Lipinski definition) is 2. The zero-order valence-electron chi connectivity index (χ0n) is 14.2. The van der Waals surface area contributed by atoms with Crippen molar-refractivity contribution in [3.8, 4) is 5.69 Å². The number of aryl methyl sites for hydroxylation is 1. The third kappa shape index (κ3) is 1.62. The van der Waals surface area contributed by atoms with Crippen molar-refractivity contribution in [1.82, 2.24) is 14.5 Å². The van der Waals surface area contributed by atoms with E-state index in [2.05, 4.69) is 25.9 Å². The summed E-state index contributed by atoms with van der Waals surface area (Å²) in [7, 11) is 0.